The van der Waals surface area contributed by atoms with Gasteiger partial charge < -0.3 is 0 Å². The van der Waals surface area contributed by atoms with E-state index in [9.17, 15) is 8.78 Å². The lowest BCUT2D eigenvalue weighted by molar-refractivity contribution is 0.252. The summed E-state index contributed by atoms with van der Waals surface area (Å²) in [5.74, 6) is -2.40. The van der Waals surface area contributed by atoms with Crippen LogP contribution in [0.3, 0.4) is 0 Å². The lowest BCUT2D eigenvalue weighted by atomic mass is 10.1. The molecule has 0 fully saturated rings. The molecule has 0 spiro atoms. The number of pyridine rings is 1. The highest BCUT2D eigenvalue weighted by molar-refractivity contribution is 7.99. The van der Waals surface area contributed by atoms with Crippen LogP contribution in [0.15, 0.2) is 47.5 Å². The van der Waals surface area contributed by atoms with Crippen molar-refractivity contribution in [3.8, 4) is 11.3 Å². The average Bonchev–Trinajstić information content (AvgIpc) is 2.29. The van der Waals surface area contributed by atoms with E-state index >= 15 is 0 Å². The maximum atomic E-state index is 12.1. The molecular formula is C12H8ClF2NS. The van der Waals surface area contributed by atoms with Crippen molar-refractivity contribution in [1.82, 2.24) is 4.98 Å². The second kappa shape index (κ2) is 5.47. The van der Waals surface area contributed by atoms with Gasteiger partial charge in [-0.3, -0.25) is 4.98 Å². The Morgan fingerprint density at radius 3 is 2.41 bits per heavy atom. The Morgan fingerprint density at radius 1 is 1.12 bits per heavy atom. The Hall–Kier alpha value is -1.13. The molecule has 1 heterocycles. The Bertz CT molecular complexity index is 502. The minimum atomic E-state index is -2.40. The van der Waals surface area contributed by atoms with Crippen molar-refractivity contribution in [2.75, 3.05) is 0 Å². The molecular weight excluding hydrogens is 264 g/mol. The van der Waals surface area contributed by atoms with E-state index in [1.165, 1.54) is 0 Å². The number of rotatable bonds is 3. The number of hydrogen-bond acceptors (Lipinski definition) is 2. The van der Waals surface area contributed by atoms with Gasteiger partial charge >= 0.3 is 0 Å². The first kappa shape index (κ1) is 12.3. The van der Waals surface area contributed by atoms with Gasteiger partial charge in [0, 0.05) is 21.7 Å². The number of thioether (sulfide) groups is 1. The molecule has 2 aromatic rings. The highest BCUT2D eigenvalue weighted by Gasteiger charge is 2.05. The summed E-state index contributed by atoms with van der Waals surface area (Å²) < 4.78 is 24.3. The summed E-state index contributed by atoms with van der Waals surface area (Å²) in [5.41, 5.74) is 1.58. The quantitative estimate of drug-likeness (QED) is 0.750. The molecule has 0 aliphatic heterocycles. The first-order valence-corrected chi connectivity index (χ1v) is 6.08. The number of alkyl halides is 2. The van der Waals surface area contributed by atoms with Gasteiger partial charge in [0.05, 0.1) is 5.69 Å². The van der Waals surface area contributed by atoms with Gasteiger partial charge in [-0.15, -0.1) is 0 Å². The Kier molecular flexibility index (Phi) is 3.97. The van der Waals surface area contributed by atoms with Gasteiger partial charge in [-0.05, 0) is 24.3 Å². The van der Waals surface area contributed by atoms with Gasteiger partial charge in [-0.1, -0.05) is 35.5 Å². The van der Waals surface area contributed by atoms with Crippen molar-refractivity contribution in [3.63, 3.8) is 0 Å². The number of nitrogens with zero attached hydrogens (tertiary/aromatic N) is 1. The normalized spacial score (nSPS) is 10.8. The molecule has 5 heteroatoms. The van der Waals surface area contributed by atoms with Crippen molar-refractivity contribution >= 4 is 23.4 Å². The SMILES string of the molecule is FC(F)Sc1ccc(-c2cc(Cl)ccn2)cc1. The van der Waals surface area contributed by atoms with Crippen molar-refractivity contribution in [2.24, 2.45) is 0 Å². The summed E-state index contributed by atoms with van der Waals surface area (Å²) in [6, 6.07) is 10.2. The van der Waals surface area contributed by atoms with Crippen molar-refractivity contribution < 1.29 is 8.78 Å². The second-order valence-corrected chi connectivity index (χ2v) is 4.76. The van der Waals surface area contributed by atoms with Crippen LogP contribution in [0.1, 0.15) is 0 Å². The molecule has 0 aliphatic rings. The van der Waals surface area contributed by atoms with Gasteiger partial charge in [0.2, 0.25) is 0 Å². The molecule has 1 nitrogen and oxygen atoms in total. The van der Waals surface area contributed by atoms with E-state index in [-0.39, 0.29) is 0 Å². The third-order valence-corrected chi connectivity index (χ3v) is 3.05. The molecule has 0 saturated carbocycles. The van der Waals surface area contributed by atoms with Crippen molar-refractivity contribution in [3.05, 3.63) is 47.6 Å². The largest absolute Gasteiger partial charge is 0.288 e. The van der Waals surface area contributed by atoms with E-state index in [2.05, 4.69) is 4.98 Å². The van der Waals surface area contributed by atoms with E-state index in [1.54, 1.807) is 42.6 Å². The number of aromatic nitrogens is 1. The maximum Gasteiger partial charge on any atom is 0.288 e. The summed E-state index contributed by atoms with van der Waals surface area (Å²) in [4.78, 5) is 4.69. The van der Waals surface area contributed by atoms with Gasteiger partial charge in [-0.2, -0.15) is 8.78 Å². The van der Waals surface area contributed by atoms with Crippen molar-refractivity contribution in [1.29, 1.82) is 0 Å². The number of halogens is 3. The summed E-state index contributed by atoms with van der Waals surface area (Å²) in [7, 11) is 0. The van der Waals surface area contributed by atoms with Gasteiger partial charge in [0.25, 0.3) is 5.76 Å². The van der Waals surface area contributed by atoms with Crippen LogP contribution < -0.4 is 0 Å². The zero-order valence-electron chi connectivity index (χ0n) is 8.61. The number of benzene rings is 1. The Morgan fingerprint density at radius 2 is 1.82 bits per heavy atom. The molecule has 0 N–H and O–H groups in total. The molecule has 0 unspecified atom stereocenters. The fourth-order valence-corrected chi connectivity index (χ4v) is 2.03. The monoisotopic (exact) mass is 271 g/mol. The molecule has 17 heavy (non-hydrogen) atoms. The van der Waals surface area contributed by atoms with Crippen LogP contribution in [0.4, 0.5) is 8.78 Å². The second-order valence-electron chi connectivity index (χ2n) is 3.26. The van der Waals surface area contributed by atoms with E-state index in [0.717, 1.165) is 11.3 Å². The maximum absolute atomic E-state index is 12.1. The van der Waals surface area contributed by atoms with Gasteiger partial charge in [0.15, 0.2) is 0 Å². The minimum absolute atomic E-state index is 0.526. The smallest absolute Gasteiger partial charge is 0.256 e. The zero-order valence-corrected chi connectivity index (χ0v) is 10.2. The molecule has 0 amide bonds. The van der Waals surface area contributed by atoms with Gasteiger partial charge in [-0.25, -0.2) is 0 Å². The van der Waals surface area contributed by atoms with E-state index in [4.69, 9.17) is 11.6 Å². The Balaban J connectivity index is 2.23. The van der Waals surface area contributed by atoms with Crippen LogP contribution in [0.5, 0.6) is 0 Å². The first-order chi connectivity index (χ1) is 8.15. The molecule has 0 bridgehead atoms. The van der Waals surface area contributed by atoms with Gasteiger partial charge in [0.1, 0.15) is 0 Å². The summed E-state index contributed by atoms with van der Waals surface area (Å²) in [6.07, 6.45) is 1.61. The lowest BCUT2D eigenvalue weighted by Crippen LogP contribution is -1.84. The fraction of sp³-hybridized carbons (Fsp3) is 0.0833. The first-order valence-electron chi connectivity index (χ1n) is 4.82. The predicted octanol–water partition coefficient (Wildman–Crippen LogP) is 4.72. The standard InChI is InChI=1S/C12H8ClF2NS/c13-9-5-6-16-11(7-9)8-1-3-10(4-2-8)17-12(14)15/h1-7,12H. The topological polar surface area (TPSA) is 12.9 Å². The van der Waals surface area contributed by atoms with Crippen LogP contribution in [-0.2, 0) is 0 Å². The van der Waals surface area contributed by atoms with Crippen molar-refractivity contribution in [2.45, 2.75) is 10.7 Å². The highest BCUT2D eigenvalue weighted by atomic mass is 35.5. The molecule has 0 aliphatic carbocycles. The molecule has 88 valence electrons. The molecule has 0 atom stereocenters. The molecule has 0 saturated heterocycles. The fourth-order valence-electron chi connectivity index (χ4n) is 1.37. The number of hydrogen-bond donors (Lipinski definition) is 0. The zero-order chi connectivity index (χ0) is 12.3. The summed E-state index contributed by atoms with van der Waals surface area (Å²) >= 11 is 6.38. The molecule has 0 radical (unpaired) electrons. The van der Waals surface area contributed by atoms with E-state index in [0.29, 0.717) is 21.7 Å². The summed E-state index contributed by atoms with van der Waals surface area (Å²) in [5, 5.41) is 0.598. The van der Waals surface area contributed by atoms with Crippen LogP contribution in [-0.4, -0.2) is 10.7 Å². The molecule has 2 rings (SSSR count). The third-order valence-electron chi connectivity index (χ3n) is 2.10. The van der Waals surface area contributed by atoms with E-state index < -0.39 is 5.76 Å². The van der Waals surface area contributed by atoms with Crippen LogP contribution in [0.25, 0.3) is 11.3 Å². The Labute approximate surface area is 107 Å². The summed E-state index contributed by atoms with van der Waals surface area (Å²) in [6.45, 7) is 0. The van der Waals surface area contributed by atoms with Crippen LogP contribution >= 0.6 is 23.4 Å². The highest BCUT2D eigenvalue weighted by Crippen LogP contribution is 2.27. The molecule has 1 aromatic carbocycles. The lowest BCUT2D eigenvalue weighted by Gasteiger charge is -2.03. The average molecular weight is 272 g/mol. The third kappa shape index (κ3) is 3.41. The van der Waals surface area contributed by atoms with Crippen LogP contribution in [0.2, 0.25) is 5.02 Å². The minimum Gasteiger partial charge on any atom is -0.256 e. The molecule has 1 aromatic heterocycles. The van der Waals surface area contributed by atoms with E-state index in [1.807, 2.05) is 0 Å². The van der Waals surface area contributed by atoms with Crippen LogP contribution in [0, 0.1) is 0 Å². The predicted molar refractivity (Wildman–Crippen MR) is 66.5 cm³/mol.